The van der Waals surface area contributed by atoms with Gasteiger partial charge in [0.2, 0.25) is 0 Å². The summed E-state index contributed by atoms with van der Waals surface area (Å²) in [7, 11) is 0. The highest BCUT2D eigenvalue weighted by Crippen LogP contribution is 2.21. The van der Waals surface area contributed by atoms with Crippen LogP contribution in [0.5, 0.6) is 0 Å². The number of rotatable bonds is 2. The van der Waals surface area contributed by atoms with Gasteiger partial charge in [-0.15, -0.1) is 0 Å². The van der Waals surface area contributed by atoms with Gasteiger partial charge in [0.05, 0.1) is 0 Å². The highest BCUT2D eigenvalue weighted by atomic mass is 14.9. The summed E-state index contributed by atoms with van der Waals surface area (Å²) in [6.07, 6.45) is 0. The zero-order chi connectivity index (χ0) is 11.5. The Morgan fingerprint density at radius 2 is 1.69 bits per heavy atom. The van der Waals surface area contributed by atoms with Crippen LogP contribution in [-0.2, 0) is 0 Å². The molecule has 0 fully saturated rings. The molecule has 3 N–H and O–H groups in total. The van der Waals surface area contributed by atoms with E-state index in [0.717, 1.165) is 22.6 Å². The van der Waals surface area contributed by atoms with Crippen molar-refractivity contribution in [2.45, 2.75) is 13.8 Å². The molecule has 0 atom stereocenters. The Hall–Kier alpha value is -1.96. The molecule has 0 aliphatic heterocycles. The summed E-state index contributed by atoms with van der Waals surface area (Å²) in [4.78, 5) is 0. The van der Waals surface area contributed by atoms with Crippen LogP contribution in [0.4, 0.5) is 17.1 Å². The molecule has 0 unspecified atom stereocenters. The van der Waals surface area contributed by atoms with Crippen molar-refractivity contribution in [1.82, 2.24) is 0 Å². The average molecular weight is 212 g/mol. The van der Waals surface area contributed by atoms with Gasteiger partial charge in [0.25, 0.3) is 0 Å². The number of nitrogen functional groups attached to an aromatic ring is 1. The Labute approximate surface area is 96.1 Å². The molecule has 0 radical (unpaired) electrons. The number of nitrogens with two attached hydrogens (primary N) is 1. The van der Waals surface area contributed by atoms with Crippen molar-refractivity contribution in [3.05, 3.63) is 53.6 Å². The van der Waals surface area contributed by atoms with Crippen molar-refractivity contribution in [3.8, 4) is 0 Å². The van der Waals surface area contributed by atoms with Crippen LogP contribution < -0.4 is 11.1 Å². The molecule has 0 spiro atoms. The van der Waals surface area contributed by atoms with Crippen LogP contribution in [0, 0.1) is 13.8 Å². The van der Waals surface area contributed by atoms with Crippen molar-refractivity contribution in [3.63, 3.8) is 0 Å². The Bertz CT molecular complexity index is 504. The van der Waals surface area contributed by atoms with E-state index < -0.39 is 0 Å². The Kier molecular flexibility index (Phi) is 2.82. The first-order valence-electron chi connectivity index (χ1n) is 5.35. The summed E-state index contributed by atoms with van der Waals surface area (Å²) in [5, 5.41) is 3.36. The maximum atomic E-state index is 5.78. The van der Waals surface area contributed by atoms with Crippen molar-refractivity contribution in [2.75, 3.05) is 11.1 Å². The van der Waals surface area contributed by atoms with Crippen molar-refractivity contribution >= 4 is 17.1 Å². The van der Waals surface area contributed by atoms with Gasteiger partial charge in [-0.25, -0.2) is 0 Å². The summed E-state index contributed by atoms with van der Waals surface area (Å²) < 4.78 is 0. The standard InChI is InChI=1S/C14H16N2/c1-10-4-3-5-12(8-10)16-13-6-7-14(15)11(2)9-13/h3-9,16H,15H2,1-2H3. The SMILES string of the molecule is Cc1cccc(Nc2ccc(N)c(C)c2)c1. The fourth-order valence-corrected chi connectivity index (χ4v) is 1.64. The molecule has 2 heteroatoms. The lowest BCUT2D eigenvalue weighted by molar-refractivity contribution is 1.43. The molecule has 0 saturated carbocycles. The van der Waals surface area contributed by atoms with E-state index in [0.29, 0.717) is 0 Å². The van der Waals surface area contributed by atoms with E-state index >= 15 is 0 Å². The van der Waals surface area contributed by atoms with Gasteiger partial charge in [-0.2, -0.15) is 0 Å². The first-order chi connectivity index (χ1) is 7.65. The molecule has 2 rings (SSSR count). The van der Waals surface area contributed by atoms with E-state index in [2.05, 4.69) is 36.5 Å². The average Bonchev–Trinajstić information content (AvgIpc) is 2.24. The summed E-state index contributed by atoms with van der Waals surface area (Å²) in [6, 6.07) is 14.3. The van der Waals surface area contributed by atoms with Gasteiger partial charge in [0.15, 0.2) is 0 Å². The summed E-state index contributed by atoms with van der Waals surface area (Å²) in [6.45, 7) is 4.09. The molecule has 2 aromatic carbocycles. The maximum absolute atomic E-state index is 5.78. The molecule has 0 heterocycles. The number of aryl methyl sites for hydroxylation is 2. The van der Waals surface area contributed by atoms with Crippen LogP contribution in [0.25, 0.3) is 0 Å². The third-order valence-electron chi connectivity index (χ3n) is 2.58. The zero-order valence-electron chi connectivity index (χ0n) is 9.62. The molecule has 0 aliphatic rings. The molecular formula is C14H16N2. The summed E-state index contributed by atoms with van der Waals surface area (Å²) in [5.41, 5.74) is 11.1. The third kappa shape index (κ3) is 2.34. The lowest BCUT2D eigenvalue weighted by atomic mass is 10.1. The predicted octanol–water partition coefficient (Wildman–Crippen LogP) is 3.63. The van der Waals surface area contributed by atoms with E-state index in [1.54, 1.807) is 0 Å². The third-order valence-corrected chi connectivity index (χ3v) is 2.58. The Morgan fingerprint density at radius 3 is 2.38 bits per heavy atom. The van der Waals surface area contributed by atoms with E-state index in [9.17, 15) is 0 Å². The molecule has 0 bridgehead atoms. The number of benzene rings is 2. The number of nitrogens with one attached hydrogen (secondary N) is 1. The van der Waals surface area contributed by atoms with Crippen LogP contribution in [0.2, 0.25) is 0 Å². The molecular weight excluding hydrogens is 196 g/mol. The van der Waals surface area contributed by atoms with Gasteiger partial charge in [0, 0.05) is 17.1 Å². The lowest BCUT2D eigenvalue weighted by Gasteiger charge is -2.09. The minimum Gasteiger partial charge on any atom is -0.399 e. The number of hydrogen-bond donors (Lipinski definition) is 2. The van der Waals surface area contributed by atoms with Gasteiger partial charge in [-0.05, 0) is 55.3 Å². The predicted molar refractivity (Wildman–Crippen MR) is 70.1 cm³/mol. The first-order valence-corrected chi connectivity index (χ1v) is 5.35. The fourth-order valence-electron chi connectivity index (χ4n) is 1.64. The van der Waals surface area contributed by atoms with Gasteiger partial charge in [-0.3, -0.25) is 0 Å². The van der Waals surface area contributed by atoms with Crippen LogP contribution in [0.15, 0.2) is 42.5 Å². The maximum Gasteiger partial charge on any atom is 0.0388 e. The topological polar surface area (TPSA) is 38.0 Å². The second kappa shape index (κ2) is 4.27. The molecule has 0 amide bonds. The molecule has 2 nitrogen and oxygen atoms in total. The molecule has 0 aliphatic carbocycles. The quantitative estimate of drug-likeness (QED) is 0.746. The lowest BCUT2D eigenvalue weighted by Crippen LogP contribution is -1.94. The van der Waals surface area contributed by atoms with Gasteiger partial charge in [0.1, 0.15) is 0 Å². The van der Waals surface area contributed by atoms with Crippen LogP contribution in [-0.4, -0.2) is 0 Å². The first kappa shape index (κ1) is 10.6. The number of anilines is 3. The second-order valence-electron chi connectivity index (χ2n) is 4.07. The van der Waals surface area contributed by atoms with Crippen LogP contribution in [0.1, 0.15) is 11.1 Å². The molecule has 0 aromatic heterocycles. The van der Waals surface area contributed by atoms with Crippen molar-refractivity contribution < 1.29 is 0 Å². The van der Waals surface area contributed by atoms with E-state index in [1.807, 2.05) is 25.1 Å². The van der Waals surface area contributed by atoms with Gasteiger partial charge >= 0.3 is 0 Å². The summed E-state index contributed by atoms with van der Waals surface area (Å²) >= 11 is 0. The van der Waals surface area contributed by atoms with Crippen molar-refractivity contribution in [2.24, 2.45) is 0 Å². The minimum absolute atomic E-state index is 0.829. The van der Waals surface area contributed by atoms with E-state index in [-0.39, 0.29) is 0 Å². The Morgan fingerprint density at radius 1 is 0.938 bits per heavy atom. The minimum atomic E-state index is 0.829. The van der Waals surface area contributed by atoms with E-state index in [1.165, 1.54) is 5.56 Å². The van der Waals surface area contributed by atoms with Gasteiger partial charge < -0.3 is 11.1 Å². The molecule has 2 aromatic rings. The molecule has 16 heavy (non-hydrogen) atoms. The highest BCUT2D eigenvalue weighted by Gasteiger charge is 1.97. The highest BCUT2D eigenvalue weighted by molar-refractivity contribution is 5.64. The Balaban J connectivity index is 2.24. The normalized spacial score (nSPS) is 10.1. The fraction of sp³-hybridized carbons (Fsp3) is 0.143. The van der Waals surface area contributed by atoms with Crippen LogP contribution >= 0.6 is 0 Å². The molecule has 0 saturated heterocycles. The van der Waals surface area contributed by atoms with Gasteiger partial charge in [-0.1, -0.05) is 12.1 Å². The second-order valence-corrected chi connectivity index (χ2v) is 4.07. The van der Waals surface area contributed by atoms with Crippen LogP contribution in [0.3, 0.4) is 0 Å². The van der Waals surface area contributed by atoms with Crippen molar-refractivity contribution in [1.29, 1.82) is 0 Å². The number of hydrogen-bond acceptors (Lipinski definition) is 2. The van der Waals surface area contributed by atoms with E-state index in [4.69, 9.17) is 5.73 Å². The smallest absolute Gasteiger partial charge is 0.0388 e. The monoisotopic (exact) mass is 212 g/mol. The molecule has 82 valence electrons. The summed E-state index contributed by atoms with van der Waals surface area (Å²) in [5.74, 6) is 0. The largest absolute Gasteiger partial charge is 0.399 e. The zero-order valence-corrected chi connectivity index (χ0v) is 9.62.